The van der Waals surface area contributed by atoms with Crippen molar-refractivity contribution in [2.75, 3.05) is 5.75 Å². The summed E-state index contributed by atoms with van der Waals surface area (Å²) in [7, 11) is 0. The van der Waals surface area contributed by atoms with Crippen LogP contribution < -0.4 is 10.2 Å². The zero-order valence-electron chi connectivity index (χ0n) is 8.82. The van der Waals surface area contributed by atoms with Gasteiger partial charge in [-0.3, -0.25) is 4.79 Å². The molecule has 1 heterocycles. The summed E-state index contributed by atoms with van der Waals surface area (Å²) in [5.41, 5.74) is 3.52. The Morgan fingerprint density at radius 1 is 1.28 bits per heavy atom. The Bertz CT molecular complexity index is 485. The normalized spacial score (nSPS) is 15.9. The number of alkyl halides is 3. The average molecular weight is 276 g/mol. The molecular weight excluding hydrogens is 269 g/mol. The zero-order chi connectivity index (χ0) is 13.2. The Labute approximate surface area is 104 Å². The van der Waals surface area contributed by atoms with Crippen molar-refractivity contribution in [3.8, 4) is 5.75 Å². The summed E-state index contributed by atoms with van der Waals surface area (Å²) in [5, 5.41) is 3.56. The molecule has 0 unspecified atom stereocenters. The second kappa shape index (κ2) is 4.89. The van der Waals surface area contributed by atoms with Crippen LogP contribution in [0.2, 0.25) is 0 Å². The number of hydrogen-bond acceptors (Lipinski definition) is 4. The van der Waals surface area contributed by atoms with Gasteiger partial charge in [0.25, 0.3) is 5.24 Å². The Morgan fingerprint density at radius 2 is 1.94 bits per heavy atom. The lowest BCUT2D eigenvalue weighted by molar-refractivity contribution is -0.274. The van der Waals surface area contributed by atoms with E-state index in [9.17, 15) is 18.0 Å². The summed E-state index contributed by atoms with van der Waals surface area (Å²) >= 11 is 1.04. The van der Waals surface area contributed by atoms with Crippen LogP contribution in [-0.2, 0) is 0 Å². The minimum absolute atomic E-state index is 0.254. The van der Waals surface area contributed by atoms with Gasteiger partial charge in [-0.15, -0.1) is 13.2 Å². The number of hydrogen-bond donors (Lipinski definition) is 1. The van der Waals surface area contributed by atoms with Gasteiger partial charge >= 0.3 is 6.36 Å². The summed E-state index contributed by atoms with van der Waals surface area (Å²) in [6.07, 6.45) is -4.70. The number of amides is 1. The van der Waals surface area contributed by atoms with Gasteiger partial charge in [-0.2, -0.15) is 5.10 Å². The van der Waals surface area contributed by atoms with Crippen molar-refractivity contribution in [2.24, 2.45) is 5.10 Å². The van der Waals surface area contributed by atoms with E-state index in [1.165, 1.54) is 24.3 Å². The highest BCUT2D eigenvalue weighted by molar-refractivity contribution is 8.14. The quantitative estimate of drug-likeness (QED) is 0.903. The first kappa shape index (κ1) is 12.7. The lowest BCUT2D eigenvalue weighted by atomic mass is 10.1. The first-order valence-electron chi connectivity index (χ1n) is 4.79. The van der Waals surface area contributed by atoms with Crippen molar-refractivity contribution >= 4 is 22.7 Å². The number of thioether (sulfide) groups is 1. The molecule has 0 fully saturated rings. The van der Waals surface area contributed by atoms with E-state index in [0.717, 1.165) is 11.8 Å². The number of ether oxygens (including phenoxy) is 1. The van der Waals surface area contributed by atoms with Crippen LogP contribution in [-0.4, -0.2) is 23.1 Å². The van der Waals surface area contributed by atoms with Crippen molar-refractivity contribution in [3.05, 3.63) is 29.8 Å². The van der Waals surface area contributed by atoms with Crippen molar-refractivity contribution in [1.82, 2.24) is 5.43 Å². The molecule has 0 aromatic heterocycles. The third-order valence-corrected chi connectivity index (χ3v) is 2.81. The lowest BCUT2D eigenvalue weighted by Crippen LogP contribution is -2.23. The van der Waals surface area contributed by atoms with Crippen LogP contribution in [0.4, 0.5) is 18.0 Å². The van der Waals surface area contributed by atoms with Crippen LogP contribution in [0.3, 0.4) is 0 Å². The molecule has 1 aromatic carbocycles. The van der Waals surface area contributed by atoms with Gasteiger partial charge in [0.05, 0.1) is 5.71 Å². The zero-order valence-corrected chi connectivity index (χ0v) is 9.64. The highest BCUT2D eigenvalue weighted by Gasteiger charge is 2.31. The maximum Gasteiger partial charge on any atom is 0.573 e. The minimum atomic E-state index is -4.70. The van der Waals surface area contributed by atoms with Gasteiger partial charge in [-0.05, 0) is 29.8 Å². The fourth-order valence-corrected chi connectivity index (χ4v) is 1.92. The van der Waals surface area contributed by atoms with E-state index in [1.54, 1.807) is 0 Å². The molecule has 8 heteroatoms. The number of rotatable bonds is 2. The minimum Gasteiger partial charge on any atom is -0.406 e. The molecule has 1 aliphatic rings. The third-order valence-electron chi connectivity index (χ3n) is 2.04. The van der Waals surface area contributed by atoms with Crippen molar-refractivity contribution < 1.29 is 22.7 Å². The summed E-state index contributed by atoms with van der Waals surface area (Å²) in [5.74, 6) is 0.0880. The van der Waals surface area contributed by atoms with E-state index in [0.29, 0.717) is 17.0 Å². The predicted molar refractivity (Wildman–Crippen MR) is 60.7 cm³/mol. The Morgan fingerprint density at radius 3 is 2.44 bits per heavy atom. The Balaban J connectivity index is 2.10. The van der Waals surface area contributed by atoms with Crippen LogP contribution in [0.5, 0.6) is 5.75 Å². The molecule has 0 bridgehead atoms. The van der Waals surface area contributed by atoms with Crippen molar-refractivity contribution in [1.29, 1.82) is 0 Å². The third kappa shape index (κ3) is 3.39. The molecule has 96 valence electrons. The van der Waals surface area contributed by atoms with Crippen molar-refractivity contribution in [3.63, 3.8) is 0 Å². The molecule has 1 amide bonds. The van der Waals surface area contributed by atoms with Gasteiger partial charge in [0, 0.05) is 5.75 Å². The Hall–Kier alpha value is -1.70. The topological polar surface area (TPSA) is 50.7 Å². The maximum absolute atomic E-state index is 11.9. The van der Waals surface area contributed by atoms with E-state index in [4.69, 9.17) is 0 Å². The van der Waals surface area contributed by atoms with Crippen LogP contribution in [0.1, 0.15) is 5.56 Å². The number of carbonyl (C=O) groups excluding carboxylic acids is 1. The first-order chi connectivity index (χ1) is 8.44. The van der Waals surface area contributed by atoms with E-state index < -0.39 is 6.36 Å². The summed E-state index contributed by atoms with van der Waals surface area (Å²) in [4.78, 5) is 10.9. The van der Waals surface area contributed by atoms with Crippen LogP contribution >= 0.6 is 11.8 Å². The number of benzene rings is 1. The first-order valence-corrected chi connectivity index (χ1v) is 5.78. The van der Waals surface area contributed by atoms with E-state index in [1.807, 2.05) is 0 Å². The number of halogens is 3. The lowest BCUT2D eigenvalue weighted by Gasteiger charge is -2.12. The number of carbonyl (C=O) groups is 1. The highest BCUT2D eigenvalue weighted by Crippen LogP contribution is 2.23. The molecule has 1 N–H and O–H groups in total. The standard InChI is InChI=1S/C10H7F3N2O2S/c11-10(12,13)17-7-3-1-6(2-4-7)8-5-18-9(16)15-14-8/h1-4H,5H2,(H,15,16). The molecule has 18 heavy (non-hydrogen) atoms. The average Bonchev–Trinajstić information content (AvgIpc) is 2.29. The van der Waals surface area contributed by atoms with Gasteiger partial charge < -0.3 is 4.74 Å². The second-order valence-electron chi connectivity index (χ2n) is 3.32. The van der Waals surface area contributed by atoms with Gasteiger partial charge in [0.1, 0.15) is 5.75 Å². The number of hydrazone groups is 1. The molecule has 0 atom stereocenters. The number of nitrogens with zero attached hydrogens (tertiary/aromatic N) is 1. The second-order valence-corrected chi connectivity index (χ2v) is 4.27. The molecule has 0 saturated heterocycles. The van der Waals surface area contributed by atoms with Crippen LogP contribution in [0.15, 0.2) is 29.4 Å². The molecule has 0 radical (unpaired) electrons. The fourth-order valence-electron chi connectivity index (χ4n) is 1.31. The van der Waals surface area contributed by atoms with Crippen molar-refractivity contribution in [2.45, 2.75) is 6.36 Å². The monoisotopic (exact) mass is 276 g/mol. The number of nitrogens with one attached hydrogen (secondary N) is 1. The maximum atomic E-state index is 11.9. The fraction of sp³-hybridized carbons (Fsp3) is 0.200. The molecule has 1 aromatic rings. The molecule has 4 nitrogen and oxygen atoms in total. The van der Waals surface area contributed by atoms with Crippen LogP contribution in [0, 0.1) is 0 Å². The Kier molecular flexibility index (Phi) is 3.46. The molecule has 1 aliphatic heterocycles. The molecule has 0 aliphatic carbocycles. The van der Waals surface area contributed by atoms with E-state index >= 15 is 0 Å². The van der Waals surface area contributed by atoms with Gasteiger partial charge in [-0.25, -0.2) is 5.43 Å². The molecule has 0 saturated carbocycles. The largest absolute Gasteiger partial charge is 0.573 e. The predicted octanol–water partition coefficient (Wildman–Crippen LogP) is 2.75. The highest BCUT2D eigenvalue weighted by atomic mass is 32.2. The van der Waals surface area contributed by atoms with Gasteiger partial charge in [0.15, 0.2) is 0 Å². The summed E-state index contributed by atoms with van der Waals surface area (Å²) in [6.45, 7) is 0. The molecule has 2 rings (SSSR count). The summed E-state index contributed by atoms with van der Waals surface area (Å²) in [6, 6.07) is 5.31. The SMILES string of the molecule is O=C1NN=C(c2ccc(OC(F)(F)F)cc2)CS1. The molecular formula is C10H7F3N2O2S. The van der Waals surface area contributed by atoms with Gasteiger partial charge in [0.2, 0.25) is 0 Å². The van der Waals surface area contributed by atoms with E-state index in [2.05, 4.69) is 15.3 Å². The van der Waals surface area contributed by atoms with Crippen LogP contribution in [0.25, 0.3) is 0 Å². The summed E-state index contributed by atoms with van der Waals surface area (Å²) < 4.78 is 39.6. The van der Waals surface area contributed by atoms with Gasteiger partial charge in [-0.1, -0.05) is 11.8 Å². The molecule has 0 spiro atoms. The van der Waals surface area contributed by atoms with E-state index in [-0.39, 0.29) is 11.0 Å². The smallest absolute Gasteiger partial charge is 0.406 e.